The molecule has 0 radical (unpaired) electrons. The molecule has 2 aromatic rings. The summed E-state index contributed by atoms with van der Waals surface area (Å²) >= 11 is 5.92. The van der Waals surface area contributed by atoms with Crippen molar-refractivity contribution in [2.24, 2.45) is 11.8 Å². The predicted molar refractivity (Wildman–Crippen MR) is 117 cm³/mol. The monoisotopic (exact) mass is 458 g/mol. The molecule has 1 saturated carbocycles. The van der Waals surface area contributed by atoms with Gasteiger partial charge in [-0.2, -0.15) is 4.98 Å². The summed E-state index contributed by atoms with van der Waals surface area (Å²) in [4.78, 5) is 45.5. The van der Waals surface area contributed by atoms with Crippen LogP contribution in [0.15, 0.2) is 28.8 Å². The van der Waals surface area contributed by atoms with Crippen LogP contribution >= 0.6 is 11.6 Å². The number of fused-ring (bicyclic) bond motifs is 1. The Kier molecular flexibility index (Phi) is 6.89. The number of nitrogens with zero attached hydrogens (tertiary/aromatic N) is 4. The van der Waals surface area contributed by atoms with Crippen molar-refractivity contribution in [2.75, 3.05) is 13.1 Å². The summed E-state index contributed by atoms with van der Waals surface area (Å²) in [5.41, 5.74) is 0.769. The van der Waals surface area contributed by atoms with E-state index in [9.17, 15) is 14.4 Å². The zero-order valence-corrected chi connectivity index (χ0v) is 18.9. The molecule has 170 valence electrons. The molecule has 1 aromatic heterocycles. The highest BCUT2D eigenvalue weighted by Crippen LogP contribution is 2.38. The molecular formula is C23H27ClN4O4. The maximum Gasteiger partial charge on any atom is 0.246 e. The van der Waals surface area contributed by atoms with Gasteiger partial charge in [-0.25, -0.2) is 0 Å². The number of carbonyl (C=O) groups excluding carboxylic acids is 3. The summed E-state index contributed by atoms with van der Waals surface area (Å²) in [6.07, 6.45) is 4.37. The minimum absolute atomic E-state index is 0.0924. The first-order chi connectivity index (χ1) is 15.5. The summed E-state index contributed by atoms with van der Waals surface area (Å²) in [5.74, 6) is 0.00439. The van der Waals surface area contributed by atoms with E-state index in [1.807, 2.05) is 6.92 Å². The Bertz CT molecular complexity index is 966. The highest BCUT2D eigenvalue weighted by Gasteiger charge is 2.47. The maximum absolute atomic E-state index is 12.9. The lowest BCUT2D eigenvalue weighted by molar-refractivity contribution is -0.141. The van der Waals surface area contributed by atoms with Gasteiger partial charge in [0.1, 0.15) is 0 Å². The van der Waals surface area contributed by atoms with Crippen LogP contribution < -0.4 is 0 Å². The molecule has 3 amide bonds. The first-order valence-electron chi connectivity index (χ1n) is 11.2. The summed E-state index contributed by atoms with van der Waals surface area (Å²) in [5, 5.41) is 4.61. The van der Waals surface area contributed by atoms with Gasteiger partial charge in [-0.05, 0) is 43.5 Å². The second kappa shape index (κ2) is 9.81. The molecule has 0 unspecified atom stereocenters. The lowest BCUT2D eigenvalue weighted by Gasteiger charge is -2.22. The van der Waals surface area contributed by atoms with E-state index < -0.39 is 0 Å². The average Bonchev–Trinajstić information content (AvgIpc) is 3.36. The summed E-state index contributed by atoms with van der Waals surface area (Å²) in [7, 11) is 0. The molecule has 2 aliphatic rings. The van der Waals surface area contributed by atoms with Gasteiger partial charge >= 0.3 is 0 Å². The molecule has 32 heavy (non-hydrogen) atoms. The molecule has 1 saturated heterocycles. The Labute approximate surface area is 191 Å². The molecule has 2 fully saturated rings. The van der Waals surface area contributed by atoms with Crippen LogP contribution in [-0.4, -0.2) is 50.8 Å². The Morgan fingerprint density at radius 1 is 1.16 bits per heavy atom. The number of amides is 3. The smallest absolute Gasteiger partial charge is 0.246 e. The van der Waals surface area contributed by atoms with E-state index in [-0.39, 0.29) is 49.1 Å². The Balaban J connectivity index is 1.37. The van der Waals surface area contributed by atoms with Crippen LogP contribution in [0, 0.1) is 11.8 Å². The van der Waals surface area contributed by atoms with E-state index in [2.05, 4.69) is 10.1 Å². The molecule has 0 bridgehead atoms. The average molecular weight is 459 g/mol. The van der Waals surface area contributed by atoms with Gasteiger partial charge in [0.15, 0.2) is 0 Å². The number of benzene rings is 1. The van der Waals surface area contributed by atoms with E-state index in [0.29, 0.717) is 23.3 Å². The van der Waals surface area contributed by atoms with E-state index in [0.717, 1.165) is 37.7 Å². The first kappa shape index (κ1) is 22.5. The highest BCUT2D eigenvalue weighted by molar-refractivity contribution is 6.30. The number of halogens is 1. The third-order valence-electron chi connectivity index (χ3n) is 6.22. The minimum atomic E-state index is -0.192. The van der Waals surface area contributed by atoms with Crippen molar-refractivity contribution in [3.63, 3.8) is 0 Å². The van der Waals surface area contributed by atoms with Gasteiger partial charge in [0, 0.05) is 30.1 Å². The van der Waals surface area contributed by atoms with Crippen molar-refractivity contribution < 1.29 is 18.9 Å². The quantitative estimate of drug-likeness (QED) is 0.559. The molecule has 8 nitrogen and oxygen atoms in total. The van der Waals surface area contributed by atoms with Gasteiger partial charge in [0.2, 0.25) is 29.4 Å². The summed E-state index contributed by atoms with van der Waals surface area (Å²) < 4.78 is 5.35. The van der Waals surface area contributed by atoms with Crippen LogP contribution in [0.2, 0.25) is 5.02 Å². The van der Waals surface area contributed by atoms with Gasteiger partial charge in [-0.15, -0.1) is 0 Å². The molecular weight excluding hydrogens is 432 g/mol. The zero-order chi connectivity index (χ0) is 22.7. The Hall–Kier alpha value is -2.74. The van der Waals surface area contributed by atoms with Crippen molar-refractivity contribution in [3.8, 4) is 11.4 Å². The number of hydrogen-bond acceptors (Lipinski definition) is 6. The minimum Gasteiger partial charge on any atom is -0.337 e. The van der Waals surface area contributed by atoms with Crippen molar-refractivity contribution in [1.82, 2.24) is 19.9 Å². The summed E-state index contributed by atoms with van der Waals surface area (Å²) in [6, 6.07) is 7.09. The molecule has 2 atom stereocenters. The third kappa shape index (κ3) is 4.70. The Morgan fingerprint density at radius 2 is 1.81 bits per heavy atom. The number of imide groups is 1. The van der Waals surface area contributed by atoms with Gasteiger partial charge in [0.25, 0.3) is 0 Å². The molecule has 1 aromatic carbocycles. The fraction of sp³-hybridized carbons (Fsp3) is 0.522. The predicted octanol–water partition coefficient (Wildman–Crippen LogP) is 3.69. The topological polar surface area (TPSA) is 96.6 Å². The lowest BCUT2D eigenvalue weighted by atomic mass is 9.81. The number of likely N-dealkylation sites (tertiary alicyclic amines) is 1. The number of aromatic nitrogens is 2. The van der Waals surface area contributed by atoms with Gasteiger partial charge < -0.3 is 9.42 Å². The van der Waals surface area contributed by atoms with Gasteiger partial charge in [0.05, 0.1) is 18.4 Å². The zero-order valence-electron chi connectivity index (χ0n) is 18.1. The first-order valence-corrected chi connectivity index (χ1v) is 11.6. The Morgan fingerprint density at radius 3 is 2.44 bits per heavy atom. The molecule has 0 N–H and O–H groups in total. The molecule has 9 heteroatoms. The van der Waals surface area contributed by atoms with Crippen molar-refractivity contribution in [2.45, 2.75) is 52.0 Å². The van der Waals surface area contributed by atoms with Crippen LogP contribution in [0.4, 0.5) is 0 Å². The fourth-order valence-electron chi connectivity index (χ4n) is 4.58. The second-order valence-corrected chi connectivity index (χ2v) is 8.85. The van der Waals surface area contributed by atoms with E-state index in [1.54, 1.807) is 29.2 Å². The largest absolute Gasteiger partial charge is 0.337 e. The molecule has 4 rings (SSSR count). The van der Waals surface area contributed by atoms with Gasteiger partial charge in [-0.1, -0.05) is 36.5 Å². The summed E-state index contributed by atoms with van der Waals surface area (Å²) in [6.45, 7) is 2.81. The number of carbonyl (C=O) groups is 3. The van der Waals surface area contributed by atoms with E-state index in [4.69, 9.17) is 16.1 Å². The van der Waals surface area contributed by atoms with E-state index in [1.165, 1.54) is 4.90 Å². The van der Waals surface area contributed by atoms with Crippen LogP contribution in [0.25, 0.3) is 11.4 Å². The SMILES string of the molecule is CCCN(Cc1nc(-c2ccc(Cl)cc2)no1)C(=O)CCN1C(=O)[C@H]2CCCC[C@@H]2C1=O. The second-order valence-electron chi connectivity index (χ2n) is 8.41. The normalized spacial score (nSPS) is 20.5. The van der Waals surface area contributed by atoms with E-state index >= 15 is 0 Å². The number of rotatable bonds is 8. The third-order valence-corrected chi connectivity index (χ3v) is 6.48. The molecule has 0 spiro atoms. The van der Waals surface area contributed by atoms with Crippen LogP contribution in [0.5, 0.6) is 0 Å². The fourth-order valence-corrected chi connectivity index (χ4v) is 4.70. The number of hydrogen-bond donors (Lipinski definition) is 0. The van der Waals surface area contributed by atoms with Crippen molar-refractivity contribution in [3.05, 3.63) is 35.2 Å². The molecule has 1 aliphatic heterocycles. The lowest BCUT2D eigenvalue weighted by Crippen LogP contribution is -2.37. The standard InChI is InChI=1S/C23H27ClN4O4/c1-2-12-27(14-19-25-21(26-32-19)15-7-9-16(24)10-8-15)20(29)11-13-28-22(30)17-5-3-4-6-18(17)23(28)31/h7-10,17-18H,2-6,11-14H2,1H3/t17-,18-/m0/s1. The molecule has 2 heterocycles. The maximum atomic E-state index is 12.9. The van der Waals surface area contributed by atoms with Crippen LogP contribution in [0.3, 0.4) is 0 Å². The van der Waals surface area contributed by atoms with Crippen LogP contribution in [0.1, 0.15) is 51.3 Å². The van der Waals surface area contributed by atoms with Crippen molar-refractivity contribution in [1.29, 1.82) is 0 Å². The van der Waals surface area contributed by atoms with Gasteiger partial charge in [-0.3, -0.25) is 19.3 Å². The molecule has 1 aliphatic carbocycles. The van der Waals surface area contributed by atoms with Crippen molar-refractivity contribution >= 4 is 29.3 Å². The van der Waals surface area contributed by atoms with Crippen LogP contribution in [-0.2, 0) is 20.9 Å². The highest BCUT2D eigenvalue weighted by atomic mass is 35.5.